The summed E-state index contributed by atoms with van der Waals surface area (Å²) in [6.07, 6.45) is 3.86. The van der Waals surface area contributed by atoms with Gasteiger partial charge >= 0.3 is 0 Å². The van der Waals surface area contributed by atoms with E-state index < -0.39 is 0 Å². The monoisotopic (exact) mass is 378 g/mol. The molecular formula is C21H26N6O. The van der Waals surface area contributed by atoms with E-state index in [1.807, 2.05) is 18.2 Å². The summed E-state index contributed by atoms with van der Waals surface area (Å²) in [5.41, 5.74) is 2.65. The van der Waals surface area contributed by atoms with Crippen LogP contribution in [0.3, 0.4) is 0 Å². The van der Waals surface area contributed by atoms with Crippen LogP contribution in [0.4, 0.5) is 5.82 Å². The van der Waals surface area contributed by atoms with Crippen LogP contribution in [0.25, 0.3) is 22.3 Å². The van der Waals surface area contributed by atoms with Gasteiger partial charge in [0.1, 0.15) is 29.2 Å². The number of likely N-dealkylation sites (N-methyl/N-ethyl adjacent to an activating group) is 1. The third-order valence-electron chi connectivity index (χ3n) is 6.03. The standard InChI is InChI=1S/C21H26N6O/c1-14-12-27(9-8-26(14)3)19-11-18(22-13-23-19)20-16-10-15(28-21(2)6-7-21)4-5-17(16)24-25-20/h4-5,10-11,13-14H,6-9,12H2,1-3H3,(H,24,25)/t14-/m0/s1. The fourth-order valence-corrected chi connectivity index (χ4v) is 3.72. The van der Waals surface area contributed by atoms with Gasteiger partial charge in [-0.3, -0.25) is 5.10 Å². The zero-order chi connectivity index (χ0) is 19.3. The molecule has 7 nitrogen and oxygen atoms in total. The Labute approximate surface area is 164 Å². The van der Waals surface area contributed by atoms with Crippen LogP contribution >= 0.6 is 0 Å². The molecule has 1 aliphatic heterocycles. The lowest BCUT2D eigenvalue weighted by Crippen LogP contribution is -2.50. The summed E-state index contributed by atoms with van der Waals surface area (Å²) in [4.78, 5) is 13.7. The van der Waals surface area contributed by atoms with Crippen LogP contribution in [0.1, 0.15) is 26.7 Å². The molecule has 2 aromatic heterocycles. The third-order valence-corrected chi connectivity index (χ3v) is 6.03. The first-order chi connectivity index (χ1) is 13.5. The first-order valence-electron chi connectivity index (χ1n) is 9.95. The quantitative estimate of drug-likeness (QED) is 0.752. The first-order valence-corrected chi connectivity index (χ1v) is 9.95. The second-order valence-corrected chi connectivity index (χ2v) is 8.37. The Morgan fingerprint density at radius 2 is 2.04 bits per heavy atom. The van der Waals surface area contributed by atoms with E-state index in [4.69, 9.17) is 4.74 Å². The lowest BCUT2D eigenvalue weighted by atomic mass is 10.1. The minimum atomic E-state index is -0.00220. The number of hydrogen-bond donors (Lipinski definition) is 1. The molecular weight excluding hydrogens is 352 g/mol. The number of anilines is 1. The fourth-order valence-electron chi connectivity index (χ4n) is 3.72. The van der Waals surface area contributed by atoms with E-state index in [1.165, 1.54) is 0 Å². The number of aromatic amines is 1. The van der Waals surface area contributed by atoms with Crippen LogP contribution in [0.15, 0.2) is 30.6 Å². The zero-order valence-electron chi connectivity index (χ0n) is 16.6. The third kappa shape index (κ3) is 3.20. The van der Waals surface area contributed by atoms with Crippen LogP contribution in [0.2, 0.25) is 0 Å². The molecule has 0 spiro atoms. The molecule has 146 valence electrons. The van der Waals surface area contributed by atoms with E-state index in [9.17, 15) is 0 Å². The first kappa shape index (κ1) is 17.4. The molecule has 3 aromatic rings. The second-order valence-electron chi connectivity index (χ2n) is 8.37. The summed E-state index contributed by atoms with van der Waals surface area (Å²) in [7, 11) is 2.17. The minimum Gasteiger partial charge on any atom is -0.488 e. The van der Waals surface area contributed by atoms with Crippen molar-refractivity contribution in [3.05, 3.63) is 30.6 Å². The highest BCUT2D eigenvalue weighted by Gasteiger charge is 2.40. The van der Waals surface area contributed by atoms with Crippen molar-refractivity contribution >= 4 is 16.7 Å². The maximum Gasteiger partial charge on any atom is 0.132 e. The zero-order valence-corrected chi connectivity index (χ0v) is 16.6. The van der Waals surface area contributed by atoms with Crippen molar-refractivity contribution in [2.75, 3.05) is 31.6 Å². The van der Waals surface area contributed by atoms with Gasteiger partial charge in [-0.25, -0.2) is 9.97 Å². The summed E-state index contributed by atoms with van der Waals surface area (Å²) < 4.78 is 6.13. The highest BCUT2D eigenvalue weighted by Crippen LogP contribution is 2.40. The van der Waals surface area contributed by atoms with Crippen molar-refractivity contribution in [3.63, 3.8) is 0 Å². The number of nitrogens with one attached hydrogen (secondary N) is 1. The molecule has 1 aromatic carbocycles. The molecule has 1 saturated carbocycles. The lowest BCUT2D eigenvalue weighted by molar-refractivity contribution is 0.200. The Hall–Kier alpha value is -2.67. The largest absolute Gasteiger partial charge is 0.488 e. The highest BCUT2D eigenvalue weighted by atomic mass is 16.5. The van der Waals surface area contributed by atoms with Crippen molar-refractivity contribution in [3.8, 4) is 17.1 Å². The van der Waals surface area contributed by atoms with Crippen molar-refractivity contribution < 1.29 is 4.74 Å². The minimum absolute atomic E-state index is 0.00220. The fraction of sp³-hybridized carbons (Fsp3) is 0.476. The lowest BCUT2D eigenvalue weighted by Gasteiger charge is -2.38. The Morgan fingerprint density at radius 3 is 2.82 bits per heavy atom. The molecule has 1 atom stereocenters. The van der Waals surface area contributed by atoms with Crippen LogP contribution in [0, 0.1) is 0 Å². The van der Waals surface area contributed by atoms with Gasteiger partial charge in [-0.1, -0.05) is 0 Å². The number of benzene rings is 1. The van der Waals surface area contributed by atoms with Crippen molar-refractivity contribution in [1.82, 2.24) is 25.1 Å². The summed E-state index contributed by atoms with van der Waals surface area (Å²) in [6.45, 7) is 7.36. The number of rotatable bonds is 4. The normalized spacial score (nSPS) is 21.8. The van der Waals surface area contributed by atoms with Gasteiger partial charge in [-0.05, 0) is 51.9 Å². The molecule has 1 saturated heterocycles. The molecule has 0 unspecified atom stereocenters. The molecule has 3 heterocycles. The number of ether oxygens (including phenoxy) is 1. The number of H-pyrrole nitrogens is 1. The maximum atomic E-state index is 6.13. The van der Waals surface area contributed by atoms with Crippen LogP contribution in [0.5, 0.6) is 5.75 Å². The molecule has 1 N–H and O–H groups in total. The average molecular weight is 378 g/mol. The van der Waals surface area contributed by atoms with E-state index in [0.717, 1.165) is 66.3 Å². The summed E-state index contributed by atoms with van der Waals surface area (Å²) in [6, 6.07) is 8.64. The van der Waals surface area contributed by atoms with Gasteiger partial charge in [0.25, 0.3) is 0 Å². The summed E-state index contributed by atoms with van der Waals surface area (Å²) >= 11 is 0. The van der Waals surface area contributed by atoms with Crippen LogP contribution < -0.4 is 9.64 Å². The maximum absolute atomic E-state index is 6.13. The molecule has 0 amide bonds. The Bertz CT molecular complexity index is 1010. The van der Waals surface area contributed by atoms with Gasteiger partial charge in [-0.2, -0.15) is 5.10 Å². The van der Waals surface area contributed by atoms with E-state index in [1.54, 1.807) is 6.33 Å². The highest BCUT2D eigenvalue weighted by molar-refractivity contribution is 5.93. The van der Waals surface area contributed by atoms with Crippen molar-refractivity contribution in [2.45, 2.75) is 38.3 Å². The van der Waals surface area contributed by atoms with E-state index in [2.05, 4.69) is 56.9 Å². The molecule has 1 aliphatic carbocycles. The Balaban J connectivity index is 1.47. The molecule has 0 bridgehead atoms. The Kier molecular flexibility index (Phi) is 4.01. The predicted molar refractivity (Wildman–Crippen MR) is 110 cm³/mol. The van der Waals surface area contributed by atoms with Gasteiger partial charge in [0.05, 0.1) is 11.2 Å². The topological polar surface area (TPSA) is 70.2 Å². The van der Waals surface area contributed by atoms with Gasteiger partial charge in [0.15, 0.2) is 0 Å². The summed E-state index contributed by atoms with van der Waals surface area (Å²) in [5, 5.41) is 8.68. The second kappa shape index (κ2) is 6.44. The molecule has 0 radical (unpaired) electrons. The number of hydrogen-bond acceptors (Lipinski definition) is 6. The van der Waals surface area contributed by atoms with Gasteiger partial charge < -0.3 is 14.5 Å². The van der Waals surface area contributed by atoms with Crippen molar-refractivity contribution in [2.24, 2.45) is 0 Å². The van der Waals surface area contributed by atoms with Crippen molar-refractivity contribution in [1.29, 1.82) is 0 Å². The predicted octanol–water partition coefficient (Wildman–Crippen LogP) is 3.09. The van der Waals surface area contributed by atoms with E-state index in [-0.39, 0.29) is 5.60 Å². The SMILES string of the molecule is C[C@H]1CN(c2cc(-c3n[nH]c4ccc(OC5(C)CC5)cc34)ncn2)CCN1C. The molecule has 2 fully saturated rings. The van der Waals surface area contributed by atoms with E-state index >= 15 is 0 Å². The smallest absolute Gasteiger partial charge is 0.132 e. The number of aromatic nitrogens is 4. The number of nitrogens with zero attached hydrogens (tertiary/aromatic N) is 5. The van der Waals surface area contributed by atoms with Crippen LogP contribution in [-0.2, 0) is 0 Å². The Morgan fingerprint density at radius 1 is 1.18 bits per heavy atom. The number of piperazine rings is 1. The molecule has 2 aliphatic rings. The van der Waals surface area contributed by atoms with Gasteiger partial charge in [0.2, 0.25) is 0 Å². The molecule has 28 heavy (non-hydrogen) atoms. The molecule has 7 heteroatoms. The van der Waals surface area contributed by atoms with E-state index in [0.29, 0.717) is 6.04 Å². The van der Waals surface area contributed by atoms with Gasteiger partial charge in [-0.15, -0.1) is 0 Å². The average Bonchev–Trinajstić information content (AvgIpc) is 3.26. The van der Waals surface area contributed by atoms with Gasteiger partial charge in [0, 0.05) is 37.1 Å². The van der Waals surface area contributed by atoms with Crippen LogP contribution in [-0.4, -0.2) is 63.4 Å². The number of fused-ring (bicyclic) bond motifs is 1. The molecule has 5 rings (SSSR count). The summed E-state index contributed by atoms with van der Waals surface area (Å²) in [5.74, 6) is 1.84.